The van der Waals surface area contributed by atoms with Gasteiger partial charge in [0.1, 0.15) is 31.5 Å². The minimum absolute atomic E-state index is 0.443. The number of carbonyl (C=O) groups excluding carboxylic acids is 6. The van der Waals surface area contributed by atoms with Gasteiger partial charge in [0.15, 0.2) is 43.1 Å². The second-order valence-electron chi connectivity index (χ2n) is 9.52. The van der Waals surface area contributed by atoms with Crippen molar-refractivity contribution in [2.45, 2.75) is 103 Å². The minimum Gasteiger partial charge on any atom is -0.463 e. The highest BCUT2D eigenvalue weighted by atomic mass is 16.8. The highest BCUT2D eigenvalue weighted by molar-refractivity contribution is 5.68. The van der Waals surface area contributed by atoms with Gasteiger partial charge in [0.25, 0.3) is 0 Å². The Hall–Kier alpha value is -4.03. The lowest BCUT2D eigenvalue weighted by Gasteiger charge is -2.48. The van der Waals surface area contributed by atoms with Gasteiger partial charge in [-0.05, 0) is 5.53 Å². The minimum atomic E-state index is -1.70. The first-order valence-corrected chi connectivity index (χ1v) is 13.2. The first-order valence-electron chi connectivity index (χ1n) is 13.2. The van der Waals surface area contributed by atoms with Gasteiger partial charge in [-0.25, -0.2) is 0 Å². The maximum absolute atomic E-state index is 12.2. The summed E-state index contributed by atoms with van der Waals surface area (Å²) in [6, 6.07) is -1.57. The van der Waals surface area contributed by atoms with Crippen LogP contribution in [0.5, 0.6) is 0 Å². The van der Waals surface area contributed by atoms with E-state index in [0.717, 1.165) is 41.5 Å². The molecule has 0 bridgehead atoms. The number of esters is 6. The molecule has 19 nitrogen and oxygen atoms in total. The molecule has 0 spiro atoms. The molecule has 2 heterocycles. The van der Waals surface area contributed by atoms with Gasteiger partial charge in [-0.1, -0.05) is 5.11 Å². The van der Waals surface area contributed by atoms with Crippen LogP contribution in [0, 0.1) is 0 Å². The fraction of sp³-hybridized carbons (Fsp3) is 0.760. The molecular formula is C25H35N3O16. The van der Waals surface area contributed by atoms with Crippen molar-refractivity contribution in [2.75, 3.05) is 20.3 Å². The number of rotatable bonds is 12. The SMILES string of the molecule is CO[C@@H]1O[C@H](COC(C)=O)[C@@H](OC(C)=O)[C@H](OC(C)=O)[C@H]1O[C@H]1O[C@H](COC(C)=O)[C@@H](OC(C)=O)[C@H](OC(C)=O)[C@H]1N=[N+]=[N-]. The lowest BCUT2D eigenvalue weighted by atomic mass is 9.95. The quantitative estimate of drug-likeness (QED) is 0.0902. The summed E-state index contributed by atoms with van der Waals surface area (Å²) in [4.78, 5) is 74.1. The Morgan fingerprint density at radius 2 is 1.02 bits per heavy atom. The molecule has 44 heavy (non-hydrogen) atoms. The molecule has 2 aliphatic rings. The summed E-state index contributed by atoms with van der Waals surface area (Å²) < 4.78 is 54.9. The van der Waals surface area contributed by atoms with Gasteiger partial charge in [0, 0.05) is 53.6 Å². The Bertz CT molecular complexity index is 1130. The maximum atomic E-state index is 12.2. The molecular weight excluding hydrogens is 598 g/mol. The lowest BCUT2D eigenvalue weighted by molar-refractivity contribution is -0.351. The third kappa shape index (κ3) is 10.3. The molecule has 0 unspecified atom stereocenters. The van der Waals surface area contributed by atoms with Crippen LogP contribution in [0.1, 0.15) is 41.5 Å². The number of carbonyl (C=O) groups is 6. The van der Waals surface area contributed by atoms with Crippen molar-refractivity contribution >= 4 is 35.8 Å². The van der Waals surface area contributed by atoms with E-state index in [0.29, 0.717) is 0 Å². The number of hydrogen-bond acceptors (Lipinski definition) is 17. The van der Waals surface area contributed by atoms with Gasteiger partial charge >= 0.3 is 35.8 Å². The van der Waals surface area contributed by atoms with E-state index in [1.165, 1.54) is 7.11 Å². The predicted molar refractivity (Wildman–Crippen MR) is 138 cm³/mol. The van der Waals surface area contributed by atoms with E-state index in [1.807, 2.05) is 0 Å². The van der Waals surface area contributed by atoms with E-state index >= 15 is 0 Å². The van der Waals surface area contributed by atoms with Crippen molar-refractivity contribution in [1.29, 1.82) is 0 Å². The van der Waals surface area contributed by atoms with Gasteiger partial charge < -0.3 is 47.4 Å². The Kier molecular flexibility index (Phi) is 13.7. The molecule has 0 radical (unpaired) electrons. The zero-order valence-electron chi connectivity index (χ0n) is 25.1. The Labute approximate surface area is 251 Å². The normalized spacial score (nSPS) is 31.3. The fourth-order valence-electron chi connectivity index (χ4n) is 4.54. The summed E-state index contributed by atoms with van der Waals surface area (Å²) >= 11 is 0. The highest BCUT2D eigenvalue weighted by Crippen LogP contribution is 2.35. The van der Waals surface area contributed by atoms with Crippen LogP contribution in [0.25, 0.3) is 10.4 Å². The van der Waals surface area contributed by atoms with Gasteiger partial charge in [0.2, 0.25) is 0 Å². The molecule has 2 aliphatic heterocycles. The summed E-state index contributed by atoms with van der Waals surface area (Å²) in [5.74, 6) is -4.78. The molecule has 2 fully saturated rings. The van der Waals surface area contributed by atoms with Crippen molar-refractivity contribution < 1.29 is 76.1 Å². The molecule has 10 atom stereocenters. The number of hydrogen-bond donors (Lipinski definition) is 0. The van der Waals surface area contributed by atoms with E-state index in [9.17, 15) is 34.3 Å². The van der Waals surface area contributed by atoms with Crippen molar-refractivity contribution in [3.05, 3.63) is 10.4 Å². The third-order valence-electron chi connectivity index (χ3n) is 6.02. The molecule has 246 valence electrons. The smallest absolute Gasteiger partial charge is 0.303 e. The Morgan fingerprint density at radius 3 is 1.43 bits per heavy atom. The predicted octanol–water partition coefficient (Wildman–Crippen LogP) is -0.000300. The fourth-order valence-corrected chi connectivity index (χ4v) is 4.54. The first kappa shape index (κ1) is 36.2. The highest BCUT2D eigenvalue weighted by Gasteiger charge is 2.56. The summed E-state index contributed by atoms with van der Waals surface area (Å²) in [6.45, 7) is 5.52. The molecule has 0 aromatic rings. The summed E-state index contributed by atoms with van der Waals surface area (Å²) in [7, 11) is 1.20. The van der Waals surface area contributed by atoms with E-state index in [2.05, 4.69) is 10.0 Å². The van der Waals surface area contributed by atoms with E-state index < -0.39 is 110 Å². The van der Waals surface area contributed by atoms with Crippen molar-refractivity contribution in [2.24, 2.45) is 5.11 Å². The van der Waals surface area contributed by atoms with Crippen LogP contribution in [-0.4, -0.2) is 117 Å². The number of methoxy groups -OCH3 is 1. The van der Waals surface area contributed by atoms with Crippen LogP contribution in [0.4, 0.5) is 0 Å². The van der Waals surface area contributed by atoms with Crippen molar-refractivity contribution in [1.82, 2.24) is 0 Å². The molecule has 0 aromatic heterocycles. The van der Waals surface area contributed by atoms with Crippen LogP contribution in [0.3, 0.4) is 0 Å². The molecule has 0 N–H and O–H groups in total. The van der Waals surface area contributed by atoms with E-state index in [1.54, 1.807) is 0 Å². The monoisotopic (exact) mass is 633 g/mol. The Morgan fingerprint density at radius 1 is 0.614 bits per heavy atom. The van der Waals surface area contributed by atoms with Gasteiger partial charge in [-0.15, -0.1) is 0 Å². The summed E-state index contributed by atoms with van der Waals surface area (Å²) in [5.41, 5.74) is 9.37. The third-order valence-corrected chi connectivity index (χ3v) is 6.02. The summed E-state index contributed by atoms with van der Waals surface area (Å²) in [6.07, 6.45) is -13.1. The van der Waals surface area contributed by atoms with E-state index in [4.69, 9.17) is 47.4 Å². The second-order valence-corrected chi connectivity index (χ2v) is 9.52. The van der Waals surface area contributed by atoms with Gasteiger partial charge in [0.05, 0.1) is 0 Å². The molecule has 0 amide bonds. The van der Waals surface area contributed by atoms with Crippen molar-refractivity contribution in [3.63, 3.8) is 0 Å². The molecule has 0 aliphatic carbocycles. The first-order chi connectivity index (χ1) is 20.7. The van der Waals surface area contributed by atoms with Crippen LogP contribution in [0.2, 0.25) is 0 Å². The van der Waals surface area contributed by atoms with Crippen LogP contribution >= 0.6 is 0 Å². The summed E-state index contributed by atoms with van der Waals surface area (Å²) in [5, 5.41) is 3.64. The largest absolute Gasteiger partial charge is 0.463 e. The number of azide groups is 1. The topological polar surface area (TPSA) is 243 Å². The lowest BCUT2D eigenvalue weighted by Crippen LogP contribution is -2.66. The zero-order valence-corrected chi connectivity index (χ0v) is 25.1. The van der Waals surface area contributed by atoms with Crippen LogP contribution in [-0.2, 0) is 76.1 Å². The average Bonchev–Trinajstić information content (AvgIpc) is 2.90. The van der Waals surface area contributed by atoms with Gasteiger partial charge in [-0.3, -0.25) is 28.8 Å². The second kappa shape index (κ2) is 16.7. The maximum Gasteiger partial charge on any atom is 0.303 e. The zero-order chi connectivity index (χ0) is 33.1. The molecule has 2 saturated heterocycles. The van der Waals surface area contributed by atoms with E-state index in [-0.39, 0.29) is 0 Å². The average molecular weight is 634 g/mol. The molecule has 0 saturated carbocycles. The number of nitrogens with zero attached hydrogens (tertiary/aromatic N) is 3. The Balaban J connectivity index is 2.62. The number of ether oxygens (including phenoxy) is 10. The van der Waals surface area contributed by atoms with Crippen LogP contribution < -0.4 is 0 Å². The van der Waals surface area contributed by atoms with Crippen molar-refractivity contribution in [3.8, 4) is 0 Å². The van der Waals surface area contributed by atoms with Gasteiger partial charge in [-0.2, -0.15) is 0 Å². The molecule has 19 heteroatoms. The van der Waals surface area contributed by atoms with Crippen LogP contribution in [0.15, 0.2) is 5.11 Å². The molecule has 0 aromatic carbocycles. The molecule has 2 rings (SSSR count). The standard InChI is InChI=1S/C25H35N3O16/c1-10(29)36-8-16-19(38-12(3)31)21(40-14(5)33)18(27-28-26)24(42-16)44-23-22(41-15(6)34)20(39-13(4)32)17(9-37-11(2)30)43-25(23)35-7/h16-25H,8-9H2,1-7H3/t16-,17-,18-,19-,20-,21-,22+,23-,24-,25-/m1/s1.